The molecule has 0 aliphatic heterocycles. The van der Waals surface area contributed by atoms with Crippen molar-refractivity contribution in [2.45, 2.75) is 20.8 Å². The molecule has 0 atom stereocenters. The van der Waals surface area contributed by atoms with Crippen LogP contribution in [0.2, 0.25) is 0 Å². The number of pyridine rings is 1. The van der Waals surface area contributed by atoms with Crippen molar-refractivity contribution in [3.63, 3.8) is 0 Å². The lowest BCUT2D eigenvalue weighted by atomic mass is 9.92. The monoisotopic (exact) mass is 268 g/mol. The second-order valence-electron chi connectivity index (χ2n) is 4.59. The Kier molecular flexibility index (Phi) is 5.08. The molecule has 1 aromatic rings. The third kappa shape index (κ3) is 5.28. The molecule has 0 saturated carbocycles. The number of thiocarbonyl (C=S) groups is 1. The Balaban J connectivity index is 2.39. The Morgan fingerprint density at radius 3 is 2.71 bits per heavy atom. The Hall–Kier alpha value is -0.940. The van der Waals surface area contributed by atoms with Gasteiger partial charge in [-0.2, -0.15) is 0 Å². The number of rotatable bonds is 3. The van der Waals surface area contributed by atoms with Crippen LogP contribution >= 0.6 is 24.0 Å². The van der Waals surface area contributed by atoms with Gasteiger partial charge in [0.25, 0.3) is 0 Å². The molecule has 1 rings (SSSR count). The van der Waals surface area contributed by atoms with Crippen LogP contribution in [0.1, 0.15) is 20.8 Å². The highest BCUT2D eigenvalue weighted by molar-refractivity contribution is 8.23. The average molecular weight is 268 g/mol. The molecule has 1 N–H and O–H groups in total. The maximum absolute atomic E-state index is 11.7. The summed E-state index contributed by atoms with van der Waals surface area (Å²) in [7, 11) is 0. The Morgan fingerprint density at radius 2 is 2.18 bits per heavy atom. The number of ketones is 1. The second kappa shape index (κ2) is 6.12. The molecule has 0 fully saturated rings. The van der Waals surface area contributed by atoms with Crippen LogP contribution in [-0.4, -0.2) is 20.8 Å². The quantitative estimate of drug-likeness (QED) is 0.853. The van der Waals surface area contributed by atoms with Crippen LogP contribution < -0.4 is 5.32 Å². The lowest BCUT2D eigenvalue weighted by Gasteiger charge is -2.16. The molecule has 0 unspecified atom stereocenters. The number of anilines is 1. The average Bonchev–Trinajstić information content (AvgIpc) is 2.26. The molecule has 92 valence electrons. The Labute approximate surface area is 111 Å². The van der Waals surface area contributed by atoms with Crippen LogP contribution in [0.5, 0.6) is 0 Å². The summed E-state index contributed by atoms with van der Waals surface area (Å²) in [5, 5.41) is 2.98. The normalized spacial score (nSPS) is 11.0. The molecule has 0 aliphatic rings. The zero-order chi connectivity index (χ0) is 12.9. The van der Waals surface area contributed by atoms with Gasteiger partial charge in [0.15, 0.2) is 0 Å². The van der Waals surface area contributed by atoms with Crippen LogP contribution in [0.3, 0.4) is 0 Å². The predicted octanol–water partition coefficient (Wildman–Crippen LogP) is 3.13. The van der Waals surface area contributed by atoms with E-state index in [0.29, 0.717) is 15.9 Å². The van der Waals surface area contributed by atoms with Gasteiger partial charge in [-0.1, -0.05) is 50.8 Å². The minimum absolute atomic E-state index is 0.188. The highest BCUT2D eigenvalue weighted by Crippen LogP contribution is 2.19. The van der Waals surface area contributed by atoms with Gasteiger partial charge in [-0.15, -0.1) is 0 Å². The van der Waals surface area contributed by atoms with Crippen molar-refractivity contribution in [1.82, 2.24) is 4.98 Å². The van der Waals surface area contributed by atoms with Crippen LogP contribution in [0.25, 0.3) is 0 Å². The van der Waals surface area contributed by atoms with Gasteiger partial charge in [0, 0.05) is 11.6 Å². The third-order valence-corrected chi connectivity index (χ3v) is 3.29. The number of nitrogens with zero attached hydrogens (tertiary/aromatic N) is 1. The van der Waals surface area contributed by atoms with Crippen molar-refractivity contribution in [1.29, 1.82) is 0 Å². The summed E-state index contributed by atoms with van der Waals surface area (Å²) in [4.78, 5) is 15.8. The van der Waals surface area contributed by atoms with Crippen molar-refractivity contribution in [3.8, 4) is 0 Å². The van der Waals surface area contributed by atoms with Crippen LogP contribution in [0.15, 0.2) is 24.4 Å². The summed E-state index contributed by atoms with van der Waals surface area (Å²) in [6.45, 7) is 5.72. The predicted molar refractivity (Wildman–Crippen MR) is 77.4 cm³/mol. The van der Waals surface area contributed by atoms with Gasteiger partial charge in [0.05, 0.1) is 5.75 Å². The number of hydrogen-bond donors (Lipinski definition) is 1. The van der Waals surface area contributed by atoms with Gasteiger partial charge in [-0.3, -0.25) is 4.79 Å². The van der Waals surface area contributed by atoms with Gasteiger partial charge in [-0.25, -0.2) is 4.98 Å². The highest BCUT2D eigenvalue weighted by Gasteiger charge is 2.21. The SMILES string of the molecule is CC(C)(C)C(=O)CSC(=S)Nc1ccccn1. The molecule has 0 saturated heterocycles. The lowest BCUT2D eigenvalue weighted by Crippen LogP contribution is -2.23. The largest absolute Gasteiger partial charge is 0.326 e. The van der Waals surface area contributed by atoms with E-state index in [-0.39, 0.29) is 11.2 Å². The molecule has 3 nitrogen and oxygen atoms in total. The van der Waals surface area contributed by atoms with Crippen molar-refractivity contribution in [2.24, 2.45) is 5.41 Å². The van der Waals surface area contributed by atoms with E-state index >= 15 is 0 Å². The summed E-state index contributed by atoms with van der Waals surface area (Å²) >= 11 is 6.47. The van der Waals surface area contributed by atoms with Gasteiger partial charge in [-0.05, 0) is 12.1 Å². The minimum Gasteiger partial charge on any atom is -0.326 e. The number of Topliss-reactive ketones (excluding diaryl/α,β-unsaturated/α-hetero) is 1. The van der Waals surface area contributed by atoms with E-state index in [1.807, 2.05) is 39.0 Å². The summed E-state index contributed by atoms with van der Waals surface area (Å²) in [6, 6.07) is 5.55. The van der Waals surface area contributed by atoms with Crippen molar-refractivity contribution >= 4 is 39.9 Å². The zero-order valence-electron chi connectivity index (χ0n) is 10.2. The number of aromatic nitrogens is 1. The Morgan fingerprint density at radius 1 is 1.47 bits per heavy atom. The fourth-order valence-corrected chi connectivity index (χ4v) is 2.08. The van der Waals surface area contributed by atoms with E-state index in [0.717, 1.165) is 0 Å². The first-order valence-corrected chi connectivity index (χ1v) is 6.67. The van der Waals surface area contributed by atoms with E-state index < -0.39 is 0 Å². The van der Waals surface area contributed by atoms with E-state index in [1.165, 1.54) is 11.8 Å². The first-order chi connectivity index (χ1) is 7.89. The number of carbonyl (C=O) groups excluding carboxylic acids is 1. The van der Waals surface area contributed by atoms with E-state index in [2.05, 4.69) is 10.3 Å². The first-order valence-electron chi connectivity index (χ1n) is 5.28. The molecular formula is C12H16N2OS2. The minimum atomic E-state index is -0.312. The Bertz CT molecular complexity index is 399. The molecule has 0 aliphatic carbocycles. The van der Waals surface area contributed by atoms with Gasteiger partial charge < -0.3 is 5.32 Å². The lowest BCUT2D eigenvalue weighted by molar-refractivity contribution is -0.123. The van der Waals surface area contributed by atoms with Crippen LogP contribution in [-0.2, 0) is 4.79 Å². The highest BCUT2D eigenvalue weighted by atomic mass is 32.2. The molecule has 0 radical (unpaired) electrons. The third-order valence-electron chi connectivity index (χ3n) is 2.07. The molecule has 1 heterocycles. The van der Waals surface area contributed by atoms with Crippen molar-refractivity contribution < 1.29 is 4.79 Å². The molecule has 0 bridgehead atoms. The van der Waals surface area contributed by atoms with Gasteiger partial charge in [0.2, 0.25) is 0 Å². The number of nitrogens with one attached hydrogen (secondary N) is 1. The number of carbonyl (C=O) groups is 1. The molecular weight excluding hydrogens is 252 g/mol. The van der Waals surface area contributed by atoms with Crippen LogP contribution in [0, 0.1) is 5.41 Å². The summed E-state index contributed by atoms with van der Waals surface area (Å²) in [5.74, 6) is 1.28. The maximum atomic E-state index is 11.7. The topological polar surface area (TPSA) is 42.0 Å². The molecule has 5 heteroatoms. The van der Waals surface area contributed by atoms with Crippen molar-refractivity contribution in [3.05, 3.63) is 24.4 Å². The summed E-state index contributed by atoms with van der Waals surface area (Å²) in [5.41, 5.74) is -0.312. The van der Waals surface area contributed by atoms with Crippen molar-refractivity contribution in [2.75, 3.05) is 11.1 Å². The van der Waals surface area contributed by atoms with E-state index in [4.69, 9.17) is 12.2 Å². The second-order valence-corrected chi connectivity index (χ2v) is 6.24. The van der Waals surface area contributed by atoms with Crippen LogP contribution in [0.4, 0.5) is 5.82 Å². The smallest absolute Gasteiger partial charge is 0.148 e. The summed E-state index contributed by atoms with van der Waals surface area (Å²) in [6.07, 6.45) is 1.69. The first kappa shape index (κ1) is 14.1. The number of hydrogen-bond acceptors (Lipinski definition) is 4. The number of thioether (sulfide) groups is 1. The fourth-order valence-electron chi connectivity index (χ4n) is 0.925. The molecule has 0 aromatic carbocycles. The molecule has 17 heavy (non-hydrogen) atoms. The molecule has 0 amide bonds. The van der Waals surface area contributed by atoms with E-state index in [1.54, 1.807) is 6.20 Å². The molecule has 0 spiro atoms. The molecule has 1 aromatic heterocycles. The van der Waals surface area contributed by atoms with Gasteiger partial charge >= 0.3 is 0 Å². The fraction of sp³-hybridized carbons (Fsp3) is 0.417. The zero-order valence-corrected chi connectivity index (χ0v) is 11.8. The van der Waals surface area contributed by atoms with E-state index in [9.17, 15) is 4.79 Å². The summed E-state index contributed by atoms with van der Waals surface area (Å²) < 4.78 is 0.571. The maximum Gasteiger partial charge on any atom is 0.148 e. The standard InChI is InChI=1S/C12H16N2OS2/c1-12(2,3)9(15)8-17-11(16)14-10-6-4-5-7-13-10/h4-7H,8H2,1-3H3,(H,13,14,16). The van der Waals surface area contributed by atoms with Gasteiger partial charge in [0.1, 0.15) is 15.9 Å².